The van der Waals surface area contributed by atoms with Gasteiger partial charge < -0.3 is 4.74 Å². The summed E-state index contributed by atoms with van der Waals surface area (Å²) in [6.45, 7) is 5.85. The fraction of sp³-hybridized carbons (Fsp3) is 0.333. The lowest BCUT2D eigenvalue weighted by Gasteiger charge is -2.41. The summed E-state index contributed by atoms with van der Waals surface area (Å²) in [5, 5.41) is 0. The molecule has 0 radical (unpaired) electrons. The molecular formula is C30H33N3O3. The van der Waals surface area contributed by atoms with E-state index < -0.39 is 6.04 Å². The molecule has 0 spiro atoms. The fourth-order valence-corrected chi connectivity index (χ4v) is 5.28. The number of benzene rings is 3. The zero-order valence-electron chi connectivity index (χ0n) is 20.8. The number of hydrogen-bond donors (Lipinski definition) is 0. The van der Waals surface area contributed by atoms with Gasteiger partial charge >= 0.3 is 0 Å². The number of anilines is 1. The van der Waals surface area contributed by atoms with Crippen molar-refractivity contribution in [3.63, 3.8) is 0 Å². The molecule has 0 aromatic heterocycles. The van der Waals surface area contributed by atoms with Gasteiger partial charge in [-0.25, -0.2) is 4.90 Å². The Morgan fingerprint density at radius 2 is 1.39 bits per heavy atom. The van der Waals surface area contributed by atoms with Crippen LogP contribution < -0.4 is 9.64 Å². The van der Waals surface area contributed by atoms with E-state index in [0.29, 0.717) is 12.3 Å². The molecule has 186 valence electrons. The largest absolute Gasteiger partial charge is 0.494 e. The van der Waals surface area contributed by atoms with Crippen LogP contribution in [0.15, 0.2) is 84.9 Å². The Morgan fingerprint density at radius 1 is 0.806 bits per heavy atom. The summed E-state index contributed by atoms with van der Waals surface area (Å²) in [7, 11) is 0. The quantitative estimate of drug-likeness (QED) is 0.441. The average molecular weight is 484 g/mol. The maximum absolute atomic E-state index is 13.3. The van der Waals surface area contributed by atoms with Crippen LogP contribution in [0, 0.1) is 0 Å². The first kappa shape index (κ1) is 24.2. The van der Waals surface area contributed by atoms with Crippen LogP contribution in [0.3, 0.4) is 0 Å². The Balaban J connectivity index is 1.26. The lowest BCUT2D eigenvalue weighted by molar-refractivity contribution is -0.123. The molecule has 1 atom stereocenters. The molecule has 0 saturated carbocycles. The summed E-state index contributed by atoms with van der Waals surface area (Å²) in [5.41, 5.74) is 3.15. The van der Waals surface area contributed by atoms with Crippen LogP contribution in [0.1, 0.15) is 36.9 Å². The van der Waals surface area contributed by atoms with Crippen LogP contribution >= 0.6 is 0 Å². The highest BCUT2D eigenvalue weighted by Gasteiger charge is 2.43. The maximum Gasteiger partial charge on any atom is 0.251 e. The highest BCUT2D eigenvalue weighted by molar-refractivity contribution is 6.22. The van der Waals surface area contributed by atoms with Crippen molar-refractivity contribution in [2.24, 2.45) is 0 Å². The van der Waals surface area contributed by atoms with Gasteiger partial charge in [-0.1, -0.05) is 67.6 Å². The molecule has 2 saturated heterocycles. The second-order valence-corrected chi connectivity index (χ2v) is 9.43. The van der Waals surface area contributed by atoms with Gasteiger partial charge in [-0.2, -0.15) is 0 Å². The monoisotopic (exact) mass is 483 g/mol. The minimum Gasteiger partial charge on any atom is -0.494 e. The first-order valence-corrected chi connectivity index (χ1v) is 12.8. The van der Waals surface area contributed by atoms with E-state index in [-0.39, 0.29) is 24.3 Å². The topological polar surface area (TPSA) is 53.1 Å². The number of imide groups is 1. The third kappa shape index (κ3) is 5.06. The van der Waals surface area contributed by atoms with E-state index in [2.05, 4.69) is 65.3 Å². The Bertz CT molecular complexity index is 1120. The molecule has 2 fully saturated rings. The van der Waals surface area contributed by atoms with Crippen LogP contribution in [0.2, 0.25) is 0 Å². The molecule has 3 aromatic rings. The first-order chi connectivity index (χ1) is 17.7. The molecule has 36 heavy (non-hydrogen) atoms. The molecule has 0 N–H and O–H groups in total. The summed E-state index contributed by atoms with van der Waals surface area (Å²) in [6, 6.07) is 28.2. The predicted octanol–water partition coefficient (Wildman–Crippen LogP) is 4.51. The molecule has 2 heterocycles. The minimum atomic E-state index is -0.400. The smallest absolute Gasteiger partial charge is 0.251 e. The molecule has 3 aromatic carbocycles. The van der Waals surface area contributed by atoms with Gasteiger partial charge in [0, 0.05) is 26.2 Å². The summed E-state index contributed by atoms with van der Waals surface area (Å²) in [5.74, 6) is 0.484. The summed E-state index contributed by atoms with van der Waals surface area (Å²) in [6.07, 6.45) is 1.16. The number of nitrogens with zero attached hydrogens (tertiary/aromatic N) is 3. The van der Waals surface area contributed by atoms with Crippen molar-refractivity contribution < 1.29 is 14.3 Å². The van der Waals surface area contributed by atoms with Crippen LogP contribution in [0.5, 0.6) is 5.75 Å². The van der Waals surface area contributed by atoms with Gasteiger partial charge in [0.15, 0.2) is 0 Å². The number of carbonyl (C=O) groups is 2. The van der Waals surface area contributed by atoms with Crippen molar-refractivity contribution in [3.05, 3.63) is 96.1 Å². The SMILES string of the molecule is CCCOc1ccc(N2C(=O)CC(N3CCN(C(c4ccccc4)c4ccccc4)CC3)C2=O)cc1. The van der Waals surface area contributed by atoms with Gasteiger partial charge in [-0.05, 0) is 41.8 Å². The highest BCUT2D eigenvalue weighted by atomic mass is 16.5. The lowest BCUT2D eigenvalue weighted by atomic mass is 9.96. The van der Waals surface area contributed by atoms with Gasteiger partial charge in [0.1, 0.15) is 5.75 Å². The molecular weight excluding hydrogens is 450 g/mol. The normalized spacial score (nSPS) is 19.3. The minimum absolute atomic E-state index is 0.127. The van der Waals surface area contributed by atoms with Crippen LogP contribution in [-0.2, 0) is 9.59 Å². The second kappa shape index (κ2) is 11.1. The standard InChI is InChI=1S/C30H33N3O3/c1-2-21-36-26-15-13-25(14-16-26)33-28(34)22-27(30(33)35)31-17-19-32(20-18-31)29(23-9-5-3-6-10-23)24-11-7-4-8-12-24/h3-16,27,29H,2,17-22H2,1H3. The molecule has 6 nitrogen and oxygen atoms in total. The predicted molar refractivity (Wildman–Crippen MR) is 141 cm³/mol. The number of ether oxygens (including phenoxy) is 1. The van der Waals surface area contributed by atoms with Gasteiger partial charge in [0.2, 0.25) is 5.91 Å². The maximum atomic E-state index is 13.3. The first-order valence-electron chi connectivity index (χ1n) is 12.8. The Labute approximate surface area is 213 Å². The van der Waals surface area contributed by atoms with Gasteiger partial charge in [0.05, 0.1) is 30.8 Å². The van der Waals surface area contributed by atoms with Gasteiger partial charge in [-0.3, -0.25) is 19.4 Å². The third-order valence-corrected chi connectivity index (χ3v) is 7.08. The van der Waals surface area contributed by atoms with Crippen LogP contribution in [0.4, 0.5) is 5.69 Å². The van der Waals surface area contributed by atoms with E-state index in [4.69, 9.17) is 4.74 Å². The number of carbonyl (C=O) groups excluding carboxylic acids is 2. The molecule has 6 heteroatoms. The fourth-order valence-electron chi connectivity index (χ4n) is 5.28. The molecule has 2 amide bonds. The molecule has 5 rings (SSSR count). The Morgan fingerprint density at radius 3 is 1.94 bits per heavy atom. The van der Waals surface area contributed by atoms with Crippen molar-refractivity contribution in [3.8, 4) is 5.75 Å². The third-order valence-electron chi connectivity index (χ3n) is 7.08. The summed E-state index contributed by atoms with van der Waals surface area (Å²) >= 11 is 0. The average Bonchev–Trinajstić information content (AvgIpc) is 3.23. The van der Waals surface area contributed by atoms with Crippen molar-refractivity contribution in [2.75, 3.05) is 37.7 Å². The summed E-state index contributed by atoms with van der Waals surface area (Å²) < 4.78 is 5.63. The van der Waals surface area contributed by atoms with Gasteiger partial charge in [-0.15, -0.1) is 0 Å². The second-order valence-electron chi connectivity index (χ2n) is 9.43. The highest BCUT2D eigenvalue weighted by Crippen LogP contribution is 2.32. The molecule has 1 unspecified atom stereocenters. The van der Waals surface area contributed by atoms with Crippen molar-refractivity contribution in [1.82, 2.24) is 9.80 Å². The number of amides is 2. The molecule has 0 bridgehead atoms. The molecule has 0 aliphatic carbocycles. The number of piperazine rings is 1. The molecule has 2 aliphatic rings. The molecule has 2 aliphatic heterocycles. The Kier molecular flexibility index (Phi) is 7.44. The van der Waals surface area contributed by atoms with Crippen molar-refractivity contribution >= 4 is 17.5 Å². The zero-order valence-corrected chi connectivity index (χ0v) is 20.8. The van der Waals surface area contributed by atoms with E-state index >= 15 is 0 Å². The lowest BCUT2D eigenvalue weighted by Crippen LogP contribution is -2.53. The van der Waals surface area contributed by atoms with Crippen LogP contribution in [0.25, 0.3) is 0 Å². The van der Waals surface area contributed by atoms with Crippen molar-refractivity contribution in [2.45, 2.75) is 31.8 Å². The van der Waals surface area contributed by atoms with Gasteiger partial charge in [0.25, 0.3) is 5.91 Å². The number of rotatable bonds is 8. The van der Waals surface area contributed by atoms with E-state index in [1.165, 1.54) is 16.0 Å². The van der Waals surface area contributed by atoms with E-state index in [1.807, 2.05) is 24.3 Å². The van der Waals surface area contributed by atoms with Crippen LogP contribution in [-0.4, -0.2) is 60.4 Å². The zero-order chi connectivity index (χ0) is 24.9. The van der Waals surface area contributed by atoms with Crippen molar-refractivity contribution in [1.29, 1.82) is 0 Å². The Hall–Kier alpha value is -3.48. The van der Waals surface area contributed by atoms with E-state index in [1.54, 1.807) is 12.1 Å². The van der Waals surface area contributed by atoms with E-state index in [0.717, 1.165) is 38.3 Å². The van der Waals surface area contributed by atoms with E-state index in [9.17, 15) is 9.59 Å². The summed E-state index contributed by atoms with van der Waals surface area (Å²) in [4.78, 5) is 32.2. The number of hydrogen-bond acceptors (Lipinski definition) is 5.